The van der Waals surface area contributed by atoms with Crippen LogP contribution in [0, 0.1) is 17.2 Å². The first kappa shape index (κ1) is 26.6. The fourth-order valence-electron chi connectivity index (χ4n) is 4.68. The number of hydrogen-bond donors (Lipinski definition) is 3. The maximum atomic E-state index is 13.1. The second kappa shape index (κ2) is 11.7. The highest BCUT2D eigenvalue weighted by Gasteiger charge is 2.33. The summed E-state index contributed by atoms with van der Waals surface area (Å²) in [5, 5.41) is 15.1. The number of carbonyl (C=O) groups excluding carboxylic acids is 3. The van der Waals surface area contributed by atoms with Crippen LogP contribution >= 0.6 is 0 Å². The Balaban J connectivity index is 1.51. The molecule has 1 fully saturated rings. The molecule has 12 heteroatoms. The van der Waals surface area contributed by atoms with Gasteiger partial charge in [-0.05, 0) is 42.7 Å². The van der Waals surface area contributed by atoms with Crippen molar-refractivity contribution in [2.45, 2.75) is 25.8 Å². The molecule has 3 aromatic rings. The molecular weight excluding hydrogens is 486 g/mol. The van der Waals surface area contributed by atoms with Gasteiger partial charge in [-0.25, -0.2) is 14.8 Å². The molecule has 3 amide bonds. The van der Waals surface area contributed by atoms with Crippen LogP contribution in [-0.4, -0.2) is 76.5 Å². The first-order valence-electron chi connectivity index (χ1n) is 12.4. The second-order valence-electron chi connectivity index (χ2n) is 9.29. The van der Waals surface area contributed by atoms with Crippen molar-refractivity contribution in [1.29, 1.82) is 5.26 Å². The minimum atomic E-state index is -0.410. The molecule has 0 aliphatic carbocycles. The van der Waals surface area contributed by atoms with Crippen molar-refractivity contribution < 1.29 is 14.4 Å². The van der Waals surface area contributed by atoms with Crippen LogP contribution < -0.4 is 21.3 Å². The molecule has 0 bridgehead atoms. The summed E-state index contributed by atoms with van der Waals surface area (Å²) >= 11 is 0. The Labute approximate surface area is 220 Å². The van der Waals surface area contributed by atoms with Gasteiger partial charge in [-0.3, -0.25) is 14.2 Å². The van der Waals surface area contributed by atoms with E-state index >= 15 is 0 Å². The number of amides is 3. The third-order valence-electron chi connectivity index (χ3n) is 6.84. The number of rotatable bonds is 7. The lowest BCUT2D eigenvalue weighted by Crippen LogP contribution is -2.52. The van der Waals surface area contributed by atoms with Gasteiger partial charge in [0, 0.05) is 50.7 Å². The number of likely N-dealkylation sites (tertiary alicyclic amines) is 1. The lowest BCUT2D eigenvalue weighted by molar-refractivity contribution is -0.131. The van der Waals surface area contributed by atoms with Gasteiger partial charge in [-0.15, -0.1) is 0 Å². The van der Waals surface area contributed by atoms with Crippen LogP contribution in [0.15, 0.2) is 42.9 Å². The molecule has 0 saturated carbocycles. The zero-order valence-corrected chi connectivity index (χ0v) is 21.4. The van der Waals surface area contributed by atoms with Crippen LogP contribution in [0.5, 0.6) is 0 Å². The number of benzene rings is 1. The summed E-state index contributed by atoms with van der Waals surface area (Å²) in [6.07, 6.45) is 3.73. The number of fused-ring (bicyclic) bond motifs is 1. The first-order chi connectivity index (χ1) is 18.3. The Morgan fingerprint density at radius 3 is 2.68 bits per heavy atom. The van der Waals surface area contributed by atoms with E-state index in [-0.39, 0.29) is 24.3 Å². The molecule has 4 N–H and O–H groups in total. The highest BCUT2D eigenvalue weighted by atomic mass is 16.2. The molecule has 2 atom stereocenters. The second-order valence-corrected chi connectivity index (χ2v) is 9.29. The van der Waals surface area contributed by atoms with Crippen molar-refractivity contribution in [3.63, 3.8) is 0 Å². The third kappa shape index (κ3) is 5.57. The summed E-state index contributed by atoms with van der Waals surface area (Å²) in [5.74, 6) is 0.545. The lowest BCUT2D eigenvalue weighted by Gasteiger charge is -2.42. The van der Waals surface area contributed by atoms with Gasteiger partial charge in [-0.1, -0.05) is 6.92 Å². The maximum Gasteiger partial charge on any atom is 0.331 e. The quantitative estimate of drug-likeness (QED) is 0.427. The summed E-state index contributed by atoms with van der Waals surface area (Å²) in [7, 11) is 1.92. The summed E-state index contributed by atoms with van der Waals surface area (Å²) in [6, 6.07) is 9.86. The molecule has 2 aromatic heterocycles. The molecule has 12 nitrogen and oxygen atoms in total. The van der Waals surface area contributed by atoms with Gasteiger partial charge in [0.25, 0.3) is 5.91 Å². The third-order valence-corrected chi connectivity index (χ3v) is 6.84. The number of nitrogens with two attached hydrogens (primary N) is 1. The molecule has 0 unspecified atom stereocenters. The molecule has 1 saturated heterocycles. The van der Waals surface area contributed by atoms with Crippen molar-refractivity contribution in [1.82, 2.24) is 24.8 Å². The van der Waals surface area contributed by atoms with E-state index in [4.69, 9.17) is 11.0 Å². The van der Waals surface area contributed by atoms with Gasteiger partial charge < -0.3 is 26.2 Å². The monoisotopic (exact) mass is 517 g/mol. The number of nitriles is 1. The zero-order valence-electron chi connectivity index (χ0n) is 21.4. The summed E-state index contributed by atoms with van der Waals surface area (Å²) in [6.45, 7) is 3.99. The summed E-state index contributed by atoms with van der Waals surface area (Å²) in [4.78, 5) is 50.1. The molecule has 198 valence electrons. The SMILES string of the molecule is C[C@@H]1CCN(C(=O)CC#N)C[C@@H]1N(C)c1ncnc2c1ccn2C(=O)Nc1ccc(C(=O)NCCN)cc1. The fourth-order valence-corrected chi connectivity index (χ4v) is 4.68. The Bertz CT molecular complexity index is 1360. The maximum absolute atomic E-state index is 13.1. The fraction of sp³-hybridized carbons (Fsp3) is 0.385. The van der Waals surface area contributed by atoms with Crippen molar-refractivity contribution in [3.8, 4) is 6.07 Å². The highest BCUT2D eigenvalue weighted by Crippen LogP contribution is 2.29. The van der Waals surface area contributed by atoms with Crippen LogP contribution in [0.3, 0.4) is 0 Å². The van der Waals surface area contributed by atoms with Gasteiger partial charge in [-0.2, -0.15) is 5.26 Å². The Morgan fingerprint density at radius 2 is 1.97 bits per heavy atom. The normalized spacial score (nSPS) is 17.1. The van der Waals surface area contributed by atoms with E-state index < -0.39 is 6.03 Å². The van der Waals surface area contributed by atoms with Crippen molar-refractivity contribution in [2.24, 2.45) is 11.7 Å². The van der Waals surface area contributed by atoms with Crippen LogP contribution in [0.4, 0.5) is 16.3 Å². The molecule has 1 aromatic carbocycles. The van der Waals surface area contributed by atoms with Gasteiger partial charge in [0.05, 0.1) is 17.5 Å². The molecule has 1 aliphatic rings. The number of piperidine rings is 1. The predicted molar refractivity (Wildman–Crippen MR) is 143 cm³/mol. The molecule has 3 heterocycles. The minimum absolute atomic E-state index is 0.0118. The van der Waals surface area contributed by atoms with Crippen molar-refractivity contribution in [2.75, 3.05) is 43.4 Å². The van der Waals surface area contributed by atoms with Gasteiger partial charge in [0.1, 0.15) is 18.6 Å². The molecule has 38 heavy (non-hydrogen) atoms. The van der Waals surface area contributed by atoms with Crippen molar-refractivity contribution in [3.05, 3.63) is 48.4 Å². The Hall–Kier alpha value is -4.50. The highest BCUT2D eigenvalue weighted by molar-refractivity contribution is 6.00. The first-order valence-corrected chi connectivity index (χ1v) is 12.4. The van der Waals surface area contributed by atoms with Crippen LogP contribution in [-0.2, 0) is 4.79 Å². The average Bonchev–Trinajstić information content (AvgIpc) is 3.37. The number of hydrogen-bond acceptors (Lipinski definition) is 8. The summed E-state index contributed by atoms with van der Waals surface area (Å²) < 4.78 is 1.41. The number of nitrogens with zero attached hydrogens (tertiary/aromatic N) is 6. The number of nitrogens with one attached hydrogen (secondary N) is 2. The van der Waals surface area contributed by atoms with Gasteiger partial charge in [0.2, 0.25) is 5.91 Å². The molecule has 4 rings (SSSR count). The largest absolute Gasteiger partial charge is 0.354 e. The van der Waals surface area contributed by atoms with E-state index in [1.165, 1.54) is 10.9 Å². The van der Waals surface area contributed by atoms with Crippen LogP contribution in [0.25, 0.3) is 11.0 Å². The van der Waals surface area contributed by atoms with E-state index in [1.807, 2.05) is 18.0 Å². The van der Waals surface area contributed by atoms with Crippen LogP contribution in [0.2, 0.25) is 0 Å². The number of aromatic nitrogens is 3. The van der Waals surface area contributed by atoms with E-state index in [0.29, 0.717) is 60.2 Å². The van der Waals surface area contributed by atoms with Gasteiger partial charge in [0.15, 0.2) is 5.65 Å². The predicted octanol–water partition coefficient (Wildman–Crippen LogP) is 1.79. The number of carbonyl (C=O) groups is 3. The molecule has 1 aliphatic heterocycles. The molecule has 0 radical (unpaired) electrons. The number of anilines is 2. The van der Waals surface area contributed by atoms with Crippen LogP contribution in [0.1, 0.15) is 30.1 Å². The van der Waals surface area contributed by atoms with E-state index in [2.05, 4.69) is 27.5 Å². The lowest BCUT2D eigenvalue weighted by atomic mass is 9.92. The smallest absolute Gasteiger partial charge is 0.331 e. The molecule has 0 spiro atoms. The standard InChI is InChI=1S/C26H31N9O3/c1-17-8-13-34(22(36)7-10-27)15-21(17)33(2)23-20-9-14-35(24(20)31-16-30-23)26(38)32-19-5-3-18(4-6-19)25(37)29-12-11-28/h3-6,9,14,16-17,21H,7-8,11-13,15,28H2,1-2H3,(H,29,37)(H,32,38)/t17-,21+/m1/s1. The Morgan fingerprint density at radius 1 is 1.21 bits per heavy atom. The van der Waals surface area contributed by atoms with Gasteiger partial charge >= 0.3 is 6.03 Å². The average molecular weight is 518 g/mol. The zero-order chi connectivity index (χ0) is 27.2. The van der Waals surface area contributed by atoms with Crippen molar-refractivity contribution >= 4 is 40.4 Å². The Kier molecular flexibility index (Phi) is 8.18. The minimum Gasteiger partial charge on any atom is -0.354 e. The number of likely N-dealkylation sites (N-methyl/N-ethyl adjacent to an activating group) is 1. The summed E-state index contributed by atoms with van der Waals surface area (Å²) in [5.41, 5.74) is 6.85. The molecular formula is C26H31N9O3. The van der Waals surface area contributed by atoms with E-state index in [0.717, 1.165) is 6.42 Å². The topological polar surface area (TPSA) is 162 Å². The van der Waals surface area contributed by atoms with E-state index in [9.17, 15) is 14.4 Å². The van der Waals surface area contributed by atoms with E-state index in [1.54, 1.807) is 41.4 Å².